The Hall–Kier alpha value is -2.25. The fourth-order valence-electron chi connectivity index (χ4n) is 3.76. The van der Waals surface area contributed by atoms with Crippen molar-refractivity contribution in [3.8, 4) is 0 Å². The maximum absolute atomic E-state index is 13.2. The largest absolute Gasteiger partial charge is 0.447 e. The molecule has 0 radical (unpaired) electrons. The van der Waals surface area contributed by atoms with Crippen molar-refractivity contribution in [3.05, 3.63) is 35.9 Å². The highest BCUT2D eigenvalue weighted by molar-refractivity contribution is 5.96. The molecule has 2 saturated heterocycles. The molecule has 2 fully saturated rings. The number of carbonyl (C=O) groups excluding carboxylic acids is 3. The van der Waals surface area contributed by atoms with Crippen molar-refractivity contribution in [3.63, 3.8) is 0 Å². The lowest BCUT2D eigenvalue weighted by atomic mass is 9.92. The van der Waals surface area contributed by atoms with Crippen LogP contribution in [0.5, 0.6) is 0 Å². The van der Waals surface area contributed by atoms with Crippen LogP contribution in [0.1, 0.15) is 38.7 Å². The number of hydrogen-bond donors (Lipinski definition) is 0. The van der Waals surface area contributed by atoms with Gasteiger partial charge in [0.1, 0.15) is 12.4 Å². The predicted molar refractivity (Wildman–Crippen MR) is 100 cm³/mol. The van der Waals surface area contributed by atoms with E-state index in [0.29, 0.717) is 32.5 Å². The summed E-state index contributed by atoms with van der Waals surface area (Å²) in [6.07, 6.45) is 0.838. The first-order chi connectivity index (χ1) is 13.4. The van der Waals surface area contributed by atoms with Gasteiger partial charge in [-0.2, -0.15) is 0 Å². The summed E-state index contributed by atoms with van der Waals surface area (Å²) in [6.45, 7) is 4.47. The van der Waals surface area contributed by atoms with Crippen molar-refractivity contribution in [1.82, 2.24) is 4.90 Å². The third kappa shape index (κ3) is 4.97. The second-order valence-electron chi connectivity index (χ2n) is 7.60. The van der Waals surface area contributed by atoms with E-state index in [1.807, 2.05) is 37.3 Å². The van der Waals surface area contributed by atoms with Crippen molar-refractivity contribution in [2.24, 2.45) is 5.92 Å². The Morgan fingerprint density at radius 2 is 1.89 bits per heavy atom. The number of amides is 2. The SMILES string of the molecule is CC(=O)C[C@@H](CCC1(C)OCCO1)C(=O)N1C(=O)OCC1Cc1ccccc1. The van der Waals surface area contributed by atoms with Crippen LogP contribution < -0.4 is 0 Å². The van der Waals surface area contributed by atoms with E-state index in [4.69, 9.17) is 14.2 Å². The molecule has 1 unspecified atom stereocenters. The number of ketones is 1. The van der Waals surface area contributed by atoms with E-state index < -0.39 is 17.8 Å². The number of rotatable bonds is 8. The van der Waals surface area contributed by atoms with E-state index in [0.717, 1.165) is 5.56 Å². The van der Waals surface area contributed by atoms with E-state index >= 15 is 0 Å². The molecule has 7 heteroatoms. The van der Waals surface area contributed by atoms with Crippen LogP contribution in [-0.2, 0) is 30.2 Å². The van der Waals surface area contributed by atoms with Gasteiger partial charge in [-0.05, 0) is 32.3 Å². The van der Waals surface area contributed by atoms with Crippen molar-refractivity contribution in [2.45, 2.75) is 51.4 Å². The Morgan fingerprint density at radius 1 is 1.21 bits per heavy atom. The Labute approximate surface area is 164 Å². The molecule has 152 valence electrons. The Kier molecular flexibility index (Phi) is 6.46. The minimum Gasteiger partial charge on any atom is -0.447 e. The highest BCUT2D eigenvalue weighted by Crippen LogP contribution is 2.29. The van der Waals surface area contributed by atoms with Crippen LogP contribution in [-0.4, -0.2) is 54.3 Å². The summed E-state index contributed by atoms with van der Waals surface area (Å²) in [6, 6.07) is 9.29. The smallest absolute Gasteiger partial charge is 0.416 e. The van der Waals surface area contributed by atoms with Crippen LogP contribution in [0.3, 0.4) is 0 Å². The van der Waals surface area contributed by atoms with E-state index in [1.165, 1.54) is 11.8 Å². The summed E-state index contributed by atoms with van der Waals surface area (Å²) >= 11 is 0. The van der Waals surface area contributed by atoms with Gasteiger partial charge in [0.2, 0.25) is 5.91 Å². The summed E-state index contributed by atoms with van der Waals surface area (Å²) in [5, 5.41) is 0. The molecule has 0 aliphatic carbocycles. The van der Waals surface area contributed by atoms with Crippen LogP contribution in [0, 0.1) is 5.92 Å². The number of hydrogen-bond acceptors (Lipinski definition) is 6. The molecule has 2 aliphatic rings. The van der Waals surface area contributed by atoms with Gasteiger partial charge >= 0.3 is 6.09 Å². The maximum atomic E-state index is 13.2. The standard InChI is InChI=1S/C21H27NO6/c1-15(23)12-17(8-9-21(2)27-10-11-28-21)19(24)22-18(14-26-20(22)25)13-16-6-4-3-5-7-16/h3-7,17-18H,8-14H2,1-2H3/t17-,18?/m1/s1. The molecule has 1 aromatic rings. The molecule has 2 aliphatic heterocycles. The van der Waals surface area contributed by atoms with E-state index in [1.54, 1.807) is 0 Å². The monoisotopic (exact) mass is 389 g/mol. The number of ether oxygens (including phenoxy) is 3. The quantitative estimate of drug-likeness (QED) is 0.680. The minimum absolute atomic E-state index is 0.0801. The lowest BCUT2D eigenvalue weighted by molar-refractivity contribution is -0.153. The Bertz CT molecular complexity index is 713. The molecule has 0 aromatic heterocycles. The molecule has 3 rings (SSSR count). The molecule has 1 aromatic carbocycles. The van der Waals surface area contributed by atoms with Crippen LogP contribution >= 0.6 is 0 Å². The molecule has 0 saturated carbocycles. The molecule has 2 atom stereocenters. The summed E-state index contributed by atoms with van der Waals surface area (Å²) in [5.74, 6) is -1.81. The fraction of sp³-hybridized carbons (Fsp3) is 0.571. The van der Waals surface area contributed by atoms with Gasteiger partial charge in [0.05, 0.1) is 19.3 Å². The molecule has 0 N–H and O–H groups in total. The Morgan fingerprint density at radius 3 is 2.54 bits per heavy atom. The molecule has 7 nitrogen and oxygen atoms in total. The average molecular weight is 389 g/mol. The molecule has 2 amide bonds. The fourth-order valence-corrected chi connectivity index (χ4v) is 3.76. The van der Waals surface area contributed by atoms with Crippen LogP contribution in [0.2, 0.25) is 0 Å². The van der Waals surface area contributed by atoms with E-state index in [2.05, 4.69) is 0 Å². The van der Waals surface area contributed by atoms with Gasteiger partial charge in [-0.15, -0.1) is 0 Å². The zero-order valence-corrected chi connectivity index (χ0v) is 16.4. The average Bonchev–Trinajstić information content (AvgIpc) is 3.25. The van der Waals surface area contributed by atoms with Gasteiger partial charge in [-0.3, -0.25) is 4.79 Å². The van der Waals surface area contributed by atoms with Crippen molar-refractivity contribution >= 4 is 17.8 Å². The normalized spacial score (nSPS) is 22.1. The van der Waals surface area contributed by atoms with E-state index in [9.17, 15) is 14.4 Å². The third-order valence-corrected chi connectivity index (χ3v) is 5.24. The summed E-state index contributed by atoms with van der Waals surface area (Å²) in [7, 11) is 0. The number of imide groups is 1. The number of nitrogens with zero attached hydrogens (tertiary/aromatic N) is 1. The predicted octanol–water partition coefficient (Wildman–Crippen LogP) is 2.72. The second kappa shape index (κ2) is 8.84. The topological polar surface area (TPSA) is 82.1 Å². The first-order valence-corrected chi connectivity index (χ1v) is 9.69. The lowest BCUT2D eigenvalue weighted by Crippen LogP contribution is -2.44. The van der Waals surface area contributed by atoms with Gasteiger partial charge < -0.3 is 19.0 Å². The van der Waals surface area contributed by atoms with Gasteiger partial charge in [0, 0.05) is 18.8 Å². The van der Waals surface area contributed by atoms with E-state index in [-0.39, 0.29) is 30.8 Å². The molecular weight excluding hydrogens is 362 g/mol. The zero-order valence-electron chi connectivity index (χ0n) is 16.4. The molecule has 0 bridgehead atoms. The summed E-state index contributed by atoms with van der Waals surface area (Å²) in [5.41, 5.74) is 1.02. The number of Topliss-reactive ketones (excluding diaryl/α,β-unsaturated/α-hetero) is 1. The highest BCUT2D eigenvalue weighted by atomic mass is 16.7. The van der Waals surface area contributed by atoms with Crippen molar-refractivity contribution in [2.75, 3.05) is 19.8 Å². The van der Waals surface area contributed by atoms with Crippen molar-refractivity contribution in [1.29, 1.82) is 0 Å². The Balaban J connectivity index is 1.71. The molecule has 0 spiro atoms. The molecular formula is C21H27NO6. The number of cyclic esters (lactones) is 1. The number of carbonyl (C=O) groups is 3. The first kappa shape index (κ1) is 20.5. The van der Waals surface area contributed by atoms with Crippen LogP contribution in [0.15, 0.2) is 30.3 Å². The maximum Gasteiger partial charge on any atom is 0.416 e. The van der Waals surface area contributed by atoms with Crippen LogP contribution in [0.25, 0.3) is 0 Å². The first-order valence-electron chi connectivity index (χ1n) is 9.69. The van der Waals surface area contributed by atoms with Gasteiger partial charge in [0.25, 0.3) is 0 Å². The van der Waals surface area contributed by atoms with Gasteiger partial charge in [-0.25, -0.2) is 9.69 Å². The second-order valence-corrected chi connectivity index (χ2v) is 7.60. The third-order valence-electron chi connectivity index (χ3n) is 5.24. The number of benzene rings is 1. The lowest BCUT2D eigenvalue weighted by Gasteiger charge is -2.27. The van der Waals surface area contributed by atoms with Crippen LogP contribution in [0.4, 0.5) is 4.79 Å². The summed E-state index contributed by atoms with van der Waals surface area (Å²) < 4.78 is 16.4. The molecule has 28 heavy (non-hydrogen) atoms. The highest BCUT2D eigenvalue weighted by Gasteiger charge is 2.42. The van der Waals surface area contributed by atoms with Gasteiger partial charge in [0.15, 0.2) is 5.79 Å². The van der Waals surface area contributed by atoms with Gasteiger partial charge in [-0.1, -0.05) is 30.3 Å². The van der Waals surface area contributed by atoms with Crippen molar-refractivity contribution < 1.29 is 28.6 Å². The summed E-state index contributed by atoms with van der Waals surface area (Å²) in [4.78, 5) is 38.4. The minimum atomic E-state index is -0.746. The molecule has 2 heterocycles. The zero-order chi connectivity index (χ0) is 20.1.